The van der Waals surface area contributed by atoms with Gasteiger partial charge in [0.1, 0.15) is 11.6 Å². The van der Waals surface area contributed by atoms with Crippen molar-refractivity contribution >= 4 is 23.1 Å². The van der Waals surface area contributed by atoms with Gasteiger partial charge in [-0.2, -0.15) is 0 Å². The van der Waals surface area contributed by atoms with Crippen LogP contribution in [-0.4, -0.2) is 4.98 Å². The third-order valence-corrected chi connectivity index (χ3v) is 2.85. The summed E-state index contributed by atoms with van der Waals surface area (Å²) in [4.78, 5) is 4.10. The lowest BCUT2D eigenvalue weighted by Gasteiger charge is -2.16. The number of nitrogens with zero attached hydrogens (tertiary/aromatic N) is 1. The van der Waals surface area contributed by atoms with Crippen molar-refractivity contribution in [1.82, 2.24) is 4.98 Å². The molecule has 0 aliphatic carbocycles. The molecule has 3 N–H and O–H groups in total. The maximum absolute atomic E-state index is 13.1. The highest BCUT2D eigenvalue weighted by Crippen LogP contribution is 2.25. The first-order valence-corrected chi connectivity index (χ1v) is 5.87. The fraction of sp³-hybridized carbons (Fsp3) is 0.154. The fourth-order valence-corrected chi connectivity index (χ4v) is 1.85. The number of anilines is 2. The van der Waals surface area contributed by atoms with E-state index in [1.807, 2.05) is 13.0 Å². The van der Waals surface area contributed by atoms with E-state index in [1.54, 1.807) is 12.1 Å². The van der Waals surface area contributed by atoms with Crippen LogP contribution in [0, 0.1) is 5.82 Å². The summed E-state index contributed by atoms with van der Waals surface area (Å²) in [7, 11) is 0. The van der Waals surface area contributed by atoms with Gasteiger partial charge in [0.05, 0.1) is 22.9 Å². The predicted octanol–water partition coefficient (Wildman–Crippen LogP) is 3.63. The Morgan fingerprint density at radius 2 is 2.17 bits per heavy atom. The van der Waals surface area contributed by atoms with Crippen LogP contribution in [0.2, 0.25) is 5.02 Å². The van der Waals surface area contributed by atoms with Crippen LogP contribution in [-0.2, 0) is 0 Å². The summed E-state index contributed by atoms with van der Waals surface area (Å²) in [5.74, 6) is 0.264. The molecule has 2 aromatic rings. The quantitative estimate of drug-likeness (QED) is 0.891. The highest BCUT2D eigenvalue weighted by Gasteiger charge is 2.09. The highest BCUT2D eigenvalue weighted by atomic mass is 35.5. The molecule has 5 heteroatoms. The zero-order valence-corrected chi connectivity index (χ0v) is 10.6. The Bertz CT molecular complexity index is 560. The first kappa shape index (κ1) is 12.6. The molecule has 1 atom stereocenters. The minimum atomic E-state index is -0.266. The molecule has 0 aliphatic heterocycles. The van der Waals surface area contributed by atoms with Crippen LogP contribution in [0.4, 0.5) is 15.9 Å². The van der Waals surface area contributed by atoms with Gasteiger partial charge in [-0.05, 0) is 30.7 Å². The van der Waals surface area contributed by atoms with Gasteiger partial charge in [-0.15, -0.1) is 0 Å². The van der Waals surface area contributed by atoms with Gasteiger partial charge in [0.2, 0.25) is 0 Å². The van der Waals surface area contributed by atoms with Crippen molar-refractivity contribution in [2.24, 2.45) is 0 Å². The average Bonchev–Trinajstić information content (AvgIpc) is 2.32. The van der Waals surface area contributed by atoms with Gasteiger partial charge < -0.3 is 11.1 Å². The molecule has 94 valence electrons. The number of nitrogens with one attached hydrogen (secondary N) is 1. The summed E-state index contributed by atoms with van der Waals surface area (Å²) in [6.45, 7) is 1.91. The summed E-state index contributed by atoms with van der Waals surface area (Å²) in [6.07, 6.45) is 1.52. The van der Waals surface area contributed by atoms with E-state index in [9.17, 15) is 4.39 Å². The molecular formula is C13H13ClFN3. The van der Waals surface area contributed by atoms with Crippen molar-refractivity contribution in [3.05, 3.63) is 52.9 Å². The number of hydrogen-bond acceptors (Lipinski definition) is 3. The number of halogens is 2. The average molecular weight is 266 g/mol. The summed E-state index contributed by atoms with van der Waals surface area (Å²) in [6, 6.07) is 7.91. The number of benzene rings is 1. The molecule has 0 saturated carbocycles. The van der Waals surface area contributed by atoms with Crippen molar-refractivity contribution in [2.45, 2.75) is 13.0 Å². The molecular weight excluding hydrogens is 253 g/mol. The molecule has 0 bridgehead atoms. The first-order chi connectivity index (χ1) is 8.56. The standard InChI is InChI=1S/C13H13ClFN3/c1-8(9-3-2-4-10(15)5-9)18-13-12(14)6-11(16)7-17-13/h2-8H,16H2,1H3,(H,17,18). The van der Waals surface area contributed by atoms with Gasteiger partial charge in [0.25, 0.3) is 0 Å². The topological polar surface area (TPSA) is 50.9 Å². The Morgan fingerprint density at radius 1 is 1.39 bits per heavy atom. The Labute approximate surface area is 110 Å². The second-order valence-electron chi connectivity index (χ2n) is 4.02. The minimum Gasteiger partial charge on any atom is -0.397 e. The Balaban J connectivity index is 2.18. The van der Waals surface area contributed by atoms with Crippen LogP contribution in [0.15, 0.2) is 36.5 Å². The number of nitrogen functional groups attached to an aromatic ring is 1. The zero-order chi connectivity index (χ0) is 13.1. The first-order valence-electron chi connectivity index (χ1n) is 5.49. The molecule has 0 radical (unpaired) electrons. The van der Waals surface area contributed by atoms with E-state index in [1.165, 1.54) is 18.3 Å². The fourth-order valence-electron chi connectivity index (χ4n) is 1.62. The van der Waals surface area contributed by atoms with Gasteiger partial charge in [-0.3, -0.25) is 0 Å². The lowest BCUT2D eigenvalue weighted by molar-refractivity contribution is 0.623. The molecule has 1 aromatic carbocycles. The predicted molar refractivity (Wildman–Crippen MR) is 72.1 cm³/mol. The van der Waals surface area contributed by atoms with Crippen molar-refractivity contribution in [3.63, 3.8) is 0 Å². The monoisotopic (exact) mass is 265 g/mol. The summed E-state index contributed by atoms with van der Waals surface area (Å²) in [5.41, 5.74) is 6.89. The van der Waals surface area contributed by atoms with Crippen molar-refractivity contribution in [2.75, 3.05) is 11.1 Å². The van der Waals surface area contributed by atoms with Gasteiger partial charge in [-0.1, -0.05) is 23.7 Å². The molecule has 3 nitrogen and oxygen atoms in total. The molecule has 0 spiro atoms. The van der Waals surface area contributed by atoms with E-state index >= 15 is 0 Å². The molecule has 0 aliphatic rings. The summed E-state index contributed by atoms with van der Waals surface area (Å²) >= 11 is 6.01. The molecule has 2 rings (SSSR count). The van der Waals surface area contributed by atoms with E-state index in [2.05, 4.69) is 10.3 Å². The number of hydrogen-bond donors (Lipinski definition) is 2. The number of pyridine rings is 1. The van der Waals surface area contributed by atoms with Crippen LogP contribution in [0.5, 0.6) is 0 Å². The normalized spacial score (nSPS) is 12.2. The van der Waals surface area contributed by atoms with Crippen LogP contribution in [0.25, 0.3) is 0 Å². The van der Waals surface area contributed by atoms with Crippen LogP contribution in [0.3, 0.4) is 0 Å². The minimum absolute atomic E-state index is 0.102. The lowest BCUT2D eigenvalue weighted by atomic mass is 10.1. The smallest absolute Gasteiger partial charge is 0.145 e. The number of aromatic nitrogens is 1. The number of rotatable bonds is 3. The van der Waals surface area contributed by atoms with E-state index < -0.39 is 0 Å². The van der Waals surface area contributed by atoms with E-state index in [-0.39, 0.29) is 11.9 Å². The largest absolute Gasteiger partial charge is 0.397 e. The third kappa shape index (κ3) is 2.90. The van der Waals surface area contributed by atoms with E-state index in [0.717, 1.165) is 5.56 Å². The highest BCUT2D eigenvalue weighted by molar-refractivity contribution is 6.33. The Morgan fingerprint density at radius 3 is 2.83 bits per heavy atom. The SMILES string of the molecule is CC(Nc1ncc(N)cc1Cl)c1cccc(F)c1. The third-order valence-electron chi connectivity index (χ3n) is 2.56. The van der Waals surface area contributed by atoms with E-state index in [0.29, 0.717) is 16.5 Å². The van der Waals surface area contributed by atoms with E-state index in [4.69, 9.17) is 17.3 Å². The molecule has 1 unspecified atom stereocenters. The number of nitrogens with two attached hydrogens (primary N) is 1. The van der Waals surface area contributed by atoms with Gasteiger partial charge in [0.15, 0.2) is 0 Å². The van der Waals surface area contributed by atoms with Gasteiger partial charge >= 0.3 is 0 Å². The second-order valence-corrected chi connectivity index (χ2v) is 4.43. The zero-order valence-electron chi connectivity index (χ0n) is 9.82. The van der Waals surface area contributed by atoms with Gasteiger partial charge in [0, 0.05) is 0 Å². The van der Waals surface area contributed by atoms with Crippen molar-refractivity contribution in [3.8, 4) is 0 Å². The Hall–Kier alpha value is -1.81. The van der Waals surface area contributed by atoms with Crippen molar-refractivity contribution in [1.29, 1.82) is 0 Å². The van der Waals surface area contributed by atoms with Gasteiger partial charge in [-0.25, -0.2) is 9.37 Å². The molecule has 0 fully saturated rings. The molecule has 0 saturated heterocycles. The van der Waals surface area contributed by atoms with Crippen LogP contribution < -0.4 is 11.1 Å². The maximum Gasteiger partial charge on any atom is 0.145 e. The molecule has 0 amide bonds. The molecule has 1 heterocycles. The molecule has 18 heavy (non-hydrogen) atoms. The van der Waals surface area contributed by atoms with Crippen LogP contribution >= 0.6 is 11.6 Å². The Kier molecular flexibility index (Phi) is 3.67. The second kappa shape index (κ2) is 5.23. The summed E-state index contributed by atoms with van der Waals surface area (Å²) in [5, 5.41) is 3.56. The lowest BCUT2D eigenvalue weighted by Crippen LogP contribution is -2.08. The van der Waals surface area contributed by atoms with Crippen molar-refractivity contribution < 1.29 is 4.39 Å². The maximum atomic E-state index is 13.1. The summed E-state index contributed by atoms with van der Waals surface area (Å²) < 4.78 is 13.1. The molecule has 1 aromatic heterocycles. The van der Waals surface area contributed by atoms with Crippen LogP contribution in [0.1, 0.15) is 18.5 Å².